The molecule has 0 saturated carbocycles. The van der Waals surface area contributed by atoms with Gasteiger partial charge >= 0.3 is 0 Å². The predicted octanol–water partition coefficient (Wildman–Crippen LogP) is 0.985. The molecule has 1 aromatic carbocycles. The van der Waals surface area contributed by atoms with Crippen molar-refractivity contribution in [2.75, 3.05) is 26.4 Å². The number of ether oxygens (including phenoxy) is 2. The van der Waals surface area contributed by atoms with Gasteiger partial charge in [-0.25, -0.2) is 0 Å². The summed E-state index contributed by atoms with van der Waals surface area (Å²) in [6.45, 7) is -2.21. The van der Waals surface area contributed by atoms with Crippen LogP contribution in [0.5, 0.6) is 11.5 Å². The van der Waals surface area contributed by atoms with Gasteiger partial charge in [0.1, 0.15) is 13.2 Å². The van der Waals surface area contributed by atoms with Crippen LogP contribution in [-0.4, -0.2) is 36.6 Å². The first-order chi connectivity index (χ1) is 8.54. The molecular formula is C10H10F4O4. The topological polar surface area (TPSA) is 58.9 Å². The number of aliphatic hydroxyl groups excluding tert-OH is 2. The fourth-order valence-corrected chi connectivity index (χ4v) is 1.14. The van der Waals surface area contributed by atoms with Crippen LogP contribution in [0.3, 0.4) is 0 Å². The minimum Gasteiger partial charge on any atom is -0.485 e. The lowest BCUT2D eigenvalue weighted by Gasteiger charge is -2.12. The predicted molar refractivity (Wildman–Crippen MR) is 51.4 cm³/mol. The van der Waals surface area contributed by atoms with Crippen LogP contribution in [0.2, 0.25) is 0 Å². The number of halogens is 4. The second kappa shape index (κ2) is 6.41. The summed E-state index contributed by atoms with van der Waals surface area (Å²) in [5.41, 5.74) is 0. The van der Waals surface area contributed by atoms with E-state index in [1.165, 1.54) is 0 Å². The van der Waals surface area contributed by atoms with Crippen molar-refractivity contribution in [1.82, 2.24) is 0 Å². The van der Waals surface area contributed by atoms with E-state index in [9.17, 15) is 17.6 Å². The minimum atomic E-state index is -1.77. The standard InChI is InChI=1S/C10H10F4O4/c11-5-7(13)10(18-4-2-16)8(14)6(12)9(5)17-3-1-15/h15-16H,1-4H2. The Balaban J connectivity index is 3.18. The van der Waals surface area contributed by atoms with Gasteiger partial charge in [0.2, 0.25) is 23.3 Å². The Bertz CT molecular complexity index is 357. The number of hydrogen-bond acceptors (Lipinski definition) is 4. The maximum atomic E-state index is 13.3. The zero-order chi connectivity index (χ0) is 13.7. The maximum absolute atomic E-state index is 13.3. The van der Waals surface area contributed by atoms with Crippen LogP contribution in [0.15, 0.2) is 0 Å². The van der Waals surface area contributed by atoms with Crippen LogP contribution < -0.4 is 9.47 Å². The molecule has 0 aliphatic carbocycles. The van der Waals surface area contributed by atoms with Gasteiger partial charge in [0.15, 0.2) is 11.5 Å². The molecular weight excluding hydrogens is 260 g/mol. The highest BCUT2D eigenvalue weighted by molar-refractivity contribution is 5.38. The molecule has 0 aliphatic heterocycles. The van der Waals surface area contributed by atoms with Crippen LogP contribution in [-0.2, 0) is 0 Å². The zero-order valence-corrected chi connectivity index (χ0v) is 9.05. The molecule has 1 rings (SSSR count). The molecule has 0 amide bonds. The van der Waals surface area contributed by atoms with Crippen LogP contribution in [0.1, 0.15) is 0 Å². The normalized spacial score (nSPS) is 10.6. The van der Waals surface area contributed by atoms with Gasteiger partial charge in [0.05, 0.1) is 13.2 Å². The molecule has 1 aromatic rings. The van der Waals surface area contributed by atoms with Gasteiger partial charge in [0.25, 0.3) is 0 Å². The Morgan fingerprint density at radius 3 is 1.17 bits per heavy atom. The molecule has 8 heteroatoms. The molecule has 0 saturated heterocycles. The highest BCUT2D eigenvalue weighted by Crippen LogP contribution is 2.34. The molecule has 102 valence electrons. The van der Waals surface area contributed by atoms with E-state index in [1.54, 1.807) is 0 Å². The van der Waals surface area contributed by atoms with E-state index in [4.69, 9.17) is 10.2 Å². The molecule has 0 bridgehead atoms. The third-order valence-electron chi connectivity index (χ3n) is 1.86. The van der Waals surface area contributed by atoms with Crippen LogP contribution in [0.4, 0.5) is 17.6 Å². The van der Waals surface area contributed by atoms with Crippen molar-refractivity contribution >= 4 is 0 Å². The molecule has 0 heterocycles. The summed E-state index contributed by atoms with van der Waals surface area (Å²) < 4.78 is 62.0. The first-order valence-corrected chi connectivity index (χ1v) is 4.87. The molecule has 0 atom stereocenters. The summed E-state index contributed by atoms with van der Waals surface area (Å²) in [6.07, 6.45) is 0. The second-order valence-electron chi connectivity index (χ2n) is 3.06. The molecule has 0 radical (unpaired) electrons. The molecule has 18 heavy (non-hydrogen) atoms. The van der Waals surface area contributed by atoms with Crippen LogP contribution >= 0.6 is 0 Å². The fraction of sp³-hybridized carbons (Fsp3) is 0.400. The molecule has 0 aliphatic rings. The van der Waals surface area contributed by atoms with Crippen molar-refractivity contribution in [1.29, 1.82) is 0 Å². The Hall–Kier alpha value is -1.54. The largest absolute Gasteiger partial charge is 0.485 e. The van der Waals surface area contributed by atoms with Crippen molar-refractivity contribution in [2.24, 2.45) is 0 Å². The second-order valence-corrected chi connectivity index (χ2v) is 3.06. The summed E-state index contributed by atoms with van der Waals surface area (Å²) >= 11 is 0. The fourth-order valence-electron chi connectivity index (χ4n) is 1.14. The SMILES string of the molecule is OCCOc1c(F)c(F)c(OCCO)c(F)c1F. The van der Waals surface area contributed by atoms with E-state index in [0.717, 1.165) is 0 Å². The summed E-state index contributed by atoms with van der Waals surface area (Å²) in [4.78, 5) is 0. The average molecular weight is 270 g/mol. The molecule has 0 spiro atoms. The van der Waals surface area contributed by atoms with Crippen molar-refractivity contribution < 1.29 is 37.2 Å². The van der Waals surface area contributed by atoms with Gasteiger partial charge in [-0.15, -0.1) is 0 Å². The molecule has 0 unspecified atom stereocenters. The lowest BCUT2D eigenvalue weighted by molar-refractivity contribution is 0.174. The van der Waals surface area contributed by atoms with E-state index in [0.29, 0.717) is 0 Å². The minimum absolute atomic E-state index is 0.524. The average Bonchev–Trinajstić information content (AvgIpc) is 2.37. The Labute approximate surface area is 99.4 Å². The first kappa shape index (κ1) is 14.5. The van der Waals surface area contributed by atoms with Crippen molar-refractivity contribution in [3.63, 3.8) is 0 Å². The van der Waals surface area contributed by atoms with E-state index in [-0.39, 0.29) is 0 Å². The van der Waals surface area contributed by atoms with Gasteiger partial charge in [-0.2, -0.15) is 17.6 Å². The molecule has 0 fully saturated rings. The quantitative estimate of drug-likeness (QED) is 0.597. The van der Waals surface area contributed by atoms with Gasteiger partial charge in [-0.3, -0.25) is 0 Å². The molecule has 0 aromatic heterocycles. The Kier molecular flexibility index (Phi) is 5.17. The van der Waals surface area contributed by atoms with Crippen molar-refractivity contribution in [2.45, 2.75) is 0 Å². The van der Waals surface area contributed by atoms with Crippen LogP contribution in [0, 0.1) is 23.3 Å². The van der Waals surface area contributed by atoms with Gasteiger partial charge in [-0.1, -0.05) is 0 Å². The zero-order valence-electron chi connectivity index (χ0n) is 9.05. The monoisotopic (exact) mass is 270 g/mol. The maximum Gasteiger partial charge on any atom is 0.207 e. The third kappa shape index (κ3) is 2.82. The van der Waals surface area contributed by atoms with E-state index < -0.39 is 61.2 Å². The number of rotatable bonds is 6. The van der Waals surface area contributed by atoms with Crippen molar-refractivity contribution in [3.05, 3.63) is 23.3 Å². The summed E-state index contributed by atoms with van der Waals surface area (Å²) in [6, 6.07) is 0. The van der Waals surface area contributed by atoms with E-state index >= 15 is 0 Å². The highest BCUT2D eigenvalue weighted by Gasteiger charge is 2.27. The van der Waals surface area contributed by atoms with Gasteiger partial charge in [0, 0.05) is 0 Å². The smallest absolute Gasteiger partial charge is 0.207 e. The van der Waals surface area contributed by atoms with Gasteiger partial charge < -0.3 is 19.7 Å². The molecule has 2 N–H and O–H groups in total. The number of benzene rings is 1. The Morgan fingerprint density at radius 1 is 0.667 bits per heavy atom. The van der Waals surface area contributed by atoms with E-state index in [1.807, 2.05) is 0 Å². The number of aliphatic hydroxyl groups is 2. The van der Waals surface area contributed by atoms with Gasteiger partial charge in [-0.05, 0) is 0 Å². The lowest BCUT2D eigenvalue weighted by atomic mass is 10.2. The Morgan fingerprint density at radius 2 is 0.944 bits per heavy atom. The van der Waals surface area contributed by atoms with Crippen LogP contribution in [0.25, 0.3) is 0 Å². The summed E-state index contributed by atoms with van der Waals surface area (Å²) in [5.74, 6) is -9.61. The third-order valence-corrected chi connectivity index (χ3v) is 1.86. The first-order valence-electron chi connectivity index (χ1n) is 4.87. The highest BCUT2D eigenvalue weighted by atomic mass is 19.2. The summed E-state index contributed by atoms with van der Waals surface area (Å²) in [7, 11) is 0. The molecule has 4 nitrogen and oxygen atoms in total. The van der Waals surface area contributed by atoms with E-state index in [2.05, 4.69) is 9.47 Å². The lowest BCUT2D eigenvalue weighted by Crippen LogP contribution is -2.11. The number of hydrogen-bond donors (Lipinski definition) is 2. The van der Waals surface area contributed by atoms with Crippen molar-refractivity contribution in [3.8, 4) is 11.5 Å². The summed E-state index contributed by atoms with van der Waals surface area (Å²) in [5, 5.41) is 16.8.